The Morgan fingerprint density at radius 1 is 1.38 bits per heavy atom. The van der Waals surface area contributed by atoms with Crippen LogP contribution in [0, 0.1) is 5.92 Å². The van der Waals surface area contributed by atoms with E-state index in [9.17, 15) is 9.90 Å². The Kier molecular flexibility index (Phi) is 3.57. The zero-order valence-electron chi connectivity index (χ0n) is 13.3. The highest BCUT2D eigenvalue weighted by molar-refractivity contribution is 5.94. The molecule has 2 N–H and O–H groups in total. The van der Waals surface area contributed by atoms with E-state index in [1.54, 1.807) is 29.3 Å². The van der Waals surface area contributed by atoms with Crippen molar-refractivity contribution in [3.63, 3.8) is 0 Å². The molecule has 0 bridgehead atoms. The minimum Gasteiger partial charge on any atom is -0.393 e. The number of hydrogen-bond acceptors (Lipinski definition) is 4. The second kappa shape index (κ2) is 5.76. The second-order valence-corrected chi connectivity index (χ2v) is 6.39. The Labute approximate surface area is 138 Å². The molecule has 7 heteroatoms. The first-order chi connectivity index (χ1) is 11.6. The molecular weight excluding hydrogens is 306 g/mol. The number of aryl methyl sites for hydroxylation is 1. The van der Waals surface area contributed by atoms with E-state index in [2.05, 4.69) is 15.4 Å². The van der Waals surface area contributed by atoms with Crippen molar-refractivity contribution < 1.29 is 9.90 Å². The first kappa shape index (κ1) is 14.9. The Bertz CT molecular complexity index is 878. The number of hydrogen-bond donors (Lipinski definition) is 2. The average Bonchev–Trinajstić information content (AvgIpc) is 3.17. The second-order valence-electron chi connectivity index (χ2n) is 6.39. The fraction of sp³-hybridized carbons (Fsp3) is 0.353. The van der Waals surface area contributed by atoms with Crippen LogP contribution in [0.4, 0.5) is 0 Å². The lowest BCUT2D eigenvalue weighted by Gasteiger charge is -2.37. The van der Waals surface area contributed by atoms with Gasteiger partial charge in [-0.3, -0.25) is 9.48 Å². The average molecular weight is 325 g/mol. The van der Waals surface area contributed by atoms with Crippen molar-refractivity contribution in [2.24, 2.45) is 13.0 Å². The molecule has 0 radical (unpaired) electrons. The molecule has 1 aliphatic carbocycles. The number of amides is 1. The third-order valence-corrected chi connectivity index (χ3v) is 4.64. The highest BCUT2D eigenvalue weighted by Crippen LogP contribution is 2.38. The molecule has 7 nitrogen and oxygen atoms in total. The molecule has 3 aromatic heterocycles. The van der Waals surface area contributed by atoms with Gasteiger partial charge in [-0.25, -0.2) is 4.98 Å². The summed E-state index contributed by atoms with van der Waals surface area (Å²) in [6.07, 6.45) is 10.1. The van der Waals surface area contributed by atoms with Crippen molar-refractivity contribution in [1.82, 2.24) is 24.5 Å². The van der Waals surface area contributed by atoms with Crippen LogP contribution in [0.15, 0.2) is 43.1 Å². The zero-order valence-corrected chi connectivity index (χ0v) is 13.3. The number of carbonyl (C=O) groups is 1. The maximum absolute atomic E-state index is 12.7. The minimum absolute atomic E-state index is 0.138. The van der Waals surface area contributed by atoms with Crippen molar-refractivity contribution in [3.05, 3.63) is 54.2 Å². The van der Waals surface area contributed by atoms with Gasteiger partial charge in [-0.15, -0.1) is 0 Å². The normalized spacial score (nSPS) is 21.4. The Balaban J connectivity index is 1.58. The molecule has 3 heterocycles. The van der Waals surface area contributed by atoms with E-state index in [0.29, 0.717) is 18.4 Å². The maximum atomic E-state index is 12.7. The molecule has 24 heavy (non-hydrogen) atoms. The van der Waals surface area contributed by atoms with Crippen LogP contribution in [0.2, 0.25) is 0 Å². The minimum atomic E-state index is -0.270. The van der Waals surface area contributed by atoms with Gasteiger partial charge in [-0.1, -0.05) is 0 Å². The van der Waals surface area contributed by atoms with Crippen LogP contribution >= 0.6 is 0 Å². The van der Waals surface area contributed by atoms with E-state index in [1.165, 1.54) is 0 Å². The van der Waals surface area contributed by atoms with Crippen molar-refractivity contribution in [3.8, 4) is 0 Å². The Morgan fingerprint density at radius 3 is 2.92 bits per heavy atom. The maximum Gasteiger partial charge on any atom is 0.253 e. The number of imidazole rings is 1. The van der Waals surface area contributed by atoms with E-state index in [1.807, 2.05) is 29.9 Å². The molecular formula is C17H19N5O2. The predicted octanol–water partition coefficient (Wildman–Crippen LogP) is 1.31. The highest BCUT2D eigenvalue weighted by Gasteiger charge is 2.36. The van der Waals surface area contributed by atoms with Gasteiger partial charge in [0.1, 0.15) is 5.65 Å². The van der Waals surface area contributed by atoms with Gasteiger partial charge in [0.05, 0.1) is 23.9 Å². The molecule has 0 spiro atoms. The first-order valence-electron chi connectivity index (χ1n) is 8.00. The van der Waals surface area contributed by atoms with Gasteiger partial charge in [0.15, 0.2) is 0 Å². The molecule has 0 unspecified atom stereocenters. The fourth-order valence-corrected chi connectivity index (χ4v) is 3.26. The number of aliphatic hydroxyl groups is 1. The largest absolute Gasteiger partial charge is 0.393 e. The van der Waals surface area contributed by atoms with Crippen molar-refractivity contribution >= 4 is 11.6 Å². The quantitative estimate of drug-likeness (QED) is 0.757. The summed E-state index contributed by atoms with van der Waals surface area (Å²) in [5.41, 5.74) is 2.35. The summed E-state index contributed by atoms with van der Waals surface area (Å²) < 4.78 is 3.54. The number of nitrogens with zero attached hydrogens (tertiary/aromatic N) is 4. The van der Waals surface area contributed by atoms with Crippen molar-refractivity contribution in [1.29, 1.82) is 0 Å². The Hall–Kier alpha value is -2.67. The van der Waals surface area contributed by atoms with Gasteiger partial charge in [-0.05, 0) is 30.9 Å². The van der Waals surface area contributed by atoms with E-state index in [4.69, 9.17) is 0 Å². The molecule has 1 aliphatic rings. The van der Waals surface area contributed by atoms with Crippen LogP contribution in [0.25, 0.3) is 5.65 Å². The molecule has 0 aromatic carbocycles. The zero-order chi connectivity index (χ0) is 16.7. The summed E-state index contributed by atoms with van der Waals surface area (Å²) >= 11 is 0. The van der Waals surface area contributed by atoms with Gasteiger partial charge in [0.2, 0.25) is 0 Å². The molecule has 0 saturated heterocycles. The van der Waals surface area contributed by atoms with Crippen LogP contribution in [0.5, 0.6) is 0 Å². The van der Waals surface area contributed by atoms with Gasteiger partial charge in [0, 0.05) is 37.4 Å². The standard InChI is InChI=1S/C17H19N5O2/c1-21-9-13(8-19-21)16(12-6-14(23)7-12)20-17(24)11-2-3-15-18-4-5-22(15)10-11/h2-5,8-10,12,14,16,23H,6-7H2,1H3,(H,20,24)/t12?,14?,16-/m1/s1. The fourth-order valence-electron chi connectivity index (χ4n) is 3.26. The molecule has 3 aromatic rings. The van der Waals surface area contributed by atoms with Crippen LogP contribution in [-0.4, -0.2) is 36.3 Å². The number of rotatable bonds is 4. The van der Waals surface area contributed by atoms with Gasteiger partial charge >= 0.3 is 0 Å². The molecule has 1 atom stereocenters. The number of carbonyl (C=O) groups excluding carboxylic acids is 1. The number of fused-ring (bicyclic) bond motifs is 1. The van der Waals surface area contributed by atoms with Gasteiger partial charge in [-0.2, -0.15) is 5.10 Å². The molecule has 0 aliphatic heterocycles. The lowest BCUT2D eigenvalue weighted by molar-refractivity contribution is 0.0235. The summed E-state index contributed by atoms with van der Waals surface area (Å²) in [6, 6.07) is 3.45. The number of aromatic nitrogens is 4. The predicted molar refractivity (Wildman–Crippen MR) is 87.3 cm³/mol. The van der Waals surface area contributed by atoms with Gasteiger partial charge < -0.3 is 14.8 Å². The number of aliphatic hydroxyl groups excluding tert-OH is 1. The monoisotopic (exact) mass is 325 g/mol. The third kappa shape index (κ3) is 2.67. The molecule has 1 fully saturated rings. The molecule has 124 valence electrons. The number of nitrogens with one attached hydrogen (secondary N) is 1. The van der Waals surface area contributed by atoms with E-state index in [0.717, 1.165) is 11.2 Å². The molecule has 1 amide bonds. The molecule has 4 rings (SSSR count). The smallest absolute Gasteiger partial charge is 0.253 e. The van der Waals surface area contributed by atoms with Crippen LogP contribution in [-0.2, 0) is 7.05 Å². The van der Waals surface area contributed by atoms with Crippen LogP contribution in [0.1, 0.15) is 34.8 Å². The highest BCUT2D eigenvalue weighted by atomic mass is 16.3. The third-order valence-electron chi connectivity index (χ3n) is 4.64. The summed E-state index contributed by atoms with van der Waals surface area (Å²) in [4.78, 5) is 16.9. The summed E-state index contributed by atoms with van der Waals surface area (Å²) in [6.45, 7) is 0. The summed E-state index contributed by atoms with van der Waals surface area (Å²) in [7, 11) is 1.85. The van der Waals surface area contributed by atoms with Crippen LogP contribution in [0.3, 0.4) is 0 Å². The van der Waals surface area contributed by atoms with Crippen molar-refractivity contribution in [2.75, 3.05) is 0 Å². The lowest BCUT2D eigenvalue weighted by atomic mass is 9.75. The van der Waals surface area contributed by atoms with E-state index in [-0.39, 0.29) is 24.0 Å². The van der Waals surface area contributed by atoms with E-state index >= 15 is 0 Å². The topological polar surface area (TPSA) is 84.5 Å². The van der Waals surface area contributed by atoms with E-state index < -0.39 is 0 Å². The van der Waals surface area contributed by atoms with Gasteiger partial charge in [0.25, 0.3) is 5.91 Å². The van der Waals surface area contributed by atoms with Crippen LogP contribution < -0.4 is 5.32 Å². The lowest BCUT2D eigenvalue weighted by Crippen LogP contribution is -2.41. The van der Waals surface area contributed by atoms with Crippen molar-refractivity contribution in [2.45, 2.75) is 25.0 Å². The first-order valence-corrected chi connectivity index (χ1v) is 8.00. The SMILES string of the molecule is Cn1cc([C@H](NC(=O)c2ccc3nccn3c2)C2CC(O)C2)cn1. The Morgan fingerprint density at radius 2 is 2.21 bits per heavy atom. The summed E-state index contributed by atoms with van der Waals surface area (Å²) in [5, 5.41) is 16.9. The molecule has 1 saturated carbocycles. The summed E-state index contributed by atoms with van der Waals surface area (Å²) in [5.74, 6) is 0.0889. The number of pyridine rings is 1.